The van der Waals surface area contributed by atoms with Crippen LogP contribution < -0.4 is 15.4 Å². The van der Waals surface area contributed by atoms with E-state index in [1.54, 1.807) is 24.3 Å². The summed E-state index contributed by atoms with van der Waals surface area (Å²) in [6.45, 7) is -0.591. The van der Waals surface area contributed by atoms with Crippen LogP contribution in [0, 0.1) is 39.4 Å². The van der Waals surface area contributed by atoms with Gasteiger partial charge in [0.25, 0.3) is 0 Å². The molecular formula is C55H66N2O12S2. The highest BCUT2D eigenvalue weighted by molar-refractivity contribution is 8.76. The minimum Gasteiger partial charge on any atom is -0.511 e. The fraction of sp³-hybridized carbons (Fsp3) is 0.582. The zero-order valence-electron chi connectivity index (χ0n) is 39.9. The maximum atomic E-state index is 15.9. The zero-order chi connectivity index (χ0) is 49.5. The Bertz CT molecular complexity index is 2610. The second-order valence-electron chi connectivity index (χ2n) is 22.3. The first-order valence-electron chi connectivity index (χ1n) is 25.6. The Hall–Kier alpha value is -3.97. The summed E-state index contributed by atoms with van der Waals surface area (Å²) < 4.78 is 12.8. The van der Waals surface area contributed by atoms with Crippen molar-refractivity contribution in [3.63, 3.8) is 0 Å². The highest BCUT2D eigenvalue weighted by Gasteiger charge is 2.69. The molecule has 9 aliphatic rings. The molecule has 71 heavy (non-hydrogen) atoms. The Morgan fingerprint density at radius 1 is 0.930 bits per heavy atom. The van der Waals surface area contributed by atoms with Crippen molar-refractivity contribution in [2.45, 2.75) is 132 Å². The zero-order valence-corrected chi connectivity index (χ0v) is 41.5. The number of ketones is 2. The van der Waals surface area contributed by atoms with E-state index in [2.05, 4.69) is 16.7 Å². The summed E-state index contributed by atoms with van der Waals surface area (Å²) in [7, 11) is 2.79. The van der Waals surface area contributed by atoms with E-state index in [4.69, 9.17) is 9.47 Å². The van der Waals surface area contributed by atoms with E-state index in [1.165, 1.54) is 45.6 Å². The number of fused-ring (bicyclic) bond motifs is 2. The molecule has 2 aromatic rings. The number of nitrogens with one attached hydrogen (secondary N) is 2. The highest BCUT2D eigenvalue weighted by atomic mass is 33.1. The lowest BCUT2D eigenvalue weighted by Gasteiger charge is -2.54. The molecule has 3 heterocycles. The number of ether oxygens (including phenoxy) is 2. The summed E-state index contributed by atoms with van der Waals surface area (Å²) in [5.74, 6) is -1.83. The first-order valence-corrected chi connectivity index (χ1v) is 28.0. The molecule has 0 radical (unpaired) electrons. The van der Waals surface area contributed by atoms with Crippen LogP contribution in [0.3, 0.4) is 0 Å². The van der Waals surface area contributed by atoms with Crippen LogP contribution >= 0.6 is 21.6 Å². The van der Waals surface area contributed by atoms with Crippen molar-refractivity contribution in [3.05, 3.63) is 111 Å². The van der Waals surface area contributed by atoms with Crippen molar-refractivity contribution in [3.8, 4) is 5.75 Å². The van der Waals surface area contributed by atoms with Gasteiger partial charge in [0.2, 0.25) is 6.29 Å². The molecule has 3 saturated carbocycles. The number of allylic oxidation sites excluding steroid dienone is 6. The van der Waals surface area contributed by atoms with Crippen molar-refractivity contribution >= 4 is 39.4 Å². The number of aldehydes is 1. The minimum absolute atomic E-state index is 0.0118. The van der Waals surface area contributed by atoms with Crippen LogP contribution in [0.2, 0.25) is 0 Å². The van der Waals surface area contributed by atoms with Crippen molar-refractivity contribution in [2.75, 3.05) is 25.6 Å². The molecule has 6 aliphatic carbocycles. The number of hydrogen-bond donors (Lipinski definition) is 9. The van der Waals surface area contributed by atoms with E-state index in [1.807, 2.05) is 18.2 Å². The first-order chi connectivity index (χ1) is 34.3. The largest absolute Gasteiger partial charge is 0.511 e. The van der Waals surface area contributed by atoms with Crippen LogP contribution in [-0.2, 0) is 22.6 Å². The number of aliphatic hydroxyl groups excluding tert-OH is 6. The summed E-state index contributed by atoms with van der Waals surface area (Å²) in [5, 5.41) is 88.2. The molecule has 4 fully saturated rings. The topological polar surface area (TPSA) is 235 Å². The second kappa shape index (κ2) is 18.8. The van der Waals surface area contributed by atoms with Gasteiger partial charge in [0.15, 0.2) is 11.6 Å². The number of benzene rings is 2. The number of carbonyl (C=O) groups excluding carboxylic acids is 3. The molecule has 9 N–H and O–H groups in total. The third-order valence-corrected chi connectivity index (χ3v) is 21.3. The molecule has 0 amide bonds. The third-order valence-electron chi connectivity index (χ3n) is 18.6. The number of aliphatic hydroxyl groups is 7. The quantitative estimate of drug-likeness (QED) is 0.111. The number of carbonyl (C=O) groups is 3. The molecule has 11 rings (SSSR count). The van der Waals surface area contributed by atoms with Crippen LogP contribution in [0.5, 0.6) is 5.75 Å². The smallest absolute Gasteiger partial charge is 0.229 e. The summed E-state index contributed by atoms with van der Waals surface area (Å²) in [6.07, 6.45) is 9.46. The molecule has 12 atom stereocenters. The lowest BCUT2D eigenvalue weighted by atomic mass is 9.57. The lowest BCUT2D eigenvalue weighted by molar-refractivity contribution is -0.320. The second-order valence-corrected chi connectivity index (χ2v) is 24.9. The molecule has 6 bridgehead atoms. The first kappa shape index (κ1) is 49.3. The van der Waals surface area contributed by atoms with E-state index in [9.17, 15) is 40.5 Å². The van der Waals surface area contributed by atoms with Gasteiger partial charge in [0.05, 0.1) is 36.4 Å². The van der Waals surface area contributed by atoms with E-state index in [0.717, 1.165) is 74.7 Å². The molecule has 4 spiro atoms. The number of dihydropyridines is 1. The number of rotatable bonds is 8. The maximum Gasteiger partial charge on any atom is 0.229 e. The van der Waals surface area contributed by atoms with E-state index < -0.39 is 70.4 Å². The minimum atomic E-state index is -2.35. The molecule has 380 valence electrons. The van der Waals surface area contributed by atoms with Crippen molar-refractivity contribution < 1.29 is 59.6 Å². The fourth-order valence-electron chi connectivity index (χ4n) is 15.6. The Balaban J connectivity index is 1.04. The van der Waals surface area contributed by atoms with Crippen molar-refractivity contribution in [2.24, 2.45) is 39.4 Å². The van der Waals surface area contributed by atoms with Gasteiger partial charge in [-0.05, 0) is 140 Å². The normalized spacial score (nSPS) is 38.2. The fourth-order valence-corrected chi connectivity index (χ4v) is 18.4. The van der Waals surface area contributed by atoms with Gasteiger partial charge < -0.3 is 60.6 Å². The van der Waals surface area contributed by atoms with Gasteiger partial charge in [-0.3, -0.25) is 9.59 Å². The standard InChI is InChI=1S/C55H66N2O12S2/c58-15-5-10-43-55-39(18-33(19-42(55)62)17-31-6-3-7-32(16-31)24-59)46(63)37-8-4-9-40(45(37)48(55)65)68-50-49(66)54(67,47(64)41(26-61)69-50)29-53-28-52(27-51(13-1-2-14-51)21-36(52)25-60)22-35(53)12-11-34-23-56-44(20-38(34)53)57-30-70-71-43/h3-4,6-9,16,18-20,25,35-36,39,41,43,47,49-50,56-59,61-62,64,66-67H,1-2,5,10-15,17,21-24,26-30H2. The predicted molar refractivity (Wildman–Crippen MR) is 267 cm³/mol. The van der Waals surface area contributed by atoms with Gasteiger partial charge in [-0.15, -0.1) is 0 Å². The number of Topliss-reactive ketones (excluding diaryl/α,β-unsaturated/α-hetero) is 2. The van der Waals surface area contributed by atoms with Crippen LogP contribution in [0.15, 0.2) is 89.0 Å². The van der Waals surface area contributed by atoms with Gasteiger partial charge in [0.1, 0.15) is 47.1 Å². The molecule has 14 nitrogen and oxygen atoms in total. The predicted octanol–water partition coefficient (Wildman–Crippen LogP) is 5.89. The van der Waals surface area contributed by atoms with Crippen molar-refractivity contribution in [1.82, 2.24) is 10.6 Å². The van der Waals surface area contributed by atoms with Crippen LogP contribution in [0.25, 0.3) is 0 Å². The van der Waals surface area contributed by atoms with Gasteiger partial charge in [-0.25, -0.2) is 0 Å². The average Bonchev–Trinajstić information content (AvgIpc) is 4.06. The third kappa shape index (κ3) is 7.82. The van der Waals surface area contributed by atoms with E-state index in [-0.39, 0.29) is 77.8 Å². The molecule has 12 unspecified atom stereocenters. The Morgan fingerprint density at radius 2 is 1.73 bits per heavy atom. The van der Waals surface area contributed by atoms with Gasteiger partial charge in [0, 0.05) is 35.3 Å². The molecular weight excluding hydrogens is 945 g/mol. The summed E-state index contributed by atoms with van der Waals surface area (Å²) >= 11 is 0. The molecule has 0 aromatic heterocycles. The average molecular weight is 1010 g/mol. The number of hydrogen-bond acceptors (Lipinski definition) is 16. The lowest BCUT2D eigenvalue weighted by Crippen LogP contribution is -2.69. The van der Waals surface area contributed by atoms with Gasteiger partial charge >= 0.3 is 0 Å². The van der Waals surface area contributed by atoms with Crippen LogP contribution in [0.4, 0.5) is 0 Å². The molecule has 2 aromatic carbocycles. The Kier molecular flexibility index (Phi) is 13.0. The summed E-state index contributed by atoms with van der Waals surface area (Å²) in [5.41, 5.74) is -1.10. The Morgan fingerprint density at radius 3 is 2.51 bits per heavy atom. The molecule has 16 heteroatoms. The Labute approximate surface area is 421 Å². The van der Waals surface area contributed by atoms with E-state index in [0.29, 0.717) is 36.4 Å². The highest BCUT2D eigenvalue weighted by Crippen LogP contribution is 2.74. The van der Waals surface area contributed by atoms with Gasteiger partial charge in [-0.1, -0.05) is 76.9 Å². The van der Waals surface area contributed by atoms with Gasteiger partial charge in [-0.2, -0.15) is 0 Å². The maximum absolute atomic E-state index is 15.9. The summed E-state index contributed by atoms with van der Waals surface area (Å²) in [4.78, 5) is 44.4. The monoisotopic (exact) mass is 1010 g/mol. The van der Waals surface area contributed by atoms with Crippen molar-refractivity contribution in [1.29, 1.82) is 0 Å². The molecule has 3 aliphatic heterocycles. The SMILES string of the molecule is O=CC1CC2(CCCC2)CC12CC1CCC3=C4C=C(NCSSC(CCCO)C56C(=O)c7c(cccc7C(=O)C5C=C(Cc5cccc(CO)c5)C=C6O)OC5OC(CO)C(O)C(O)(CC41C2)C5O)NC3. The van der Waals surface area contributed by atoms with Crippen LogP contribution in [-0.4, -0.2) is 115 Å². The van der Waals surface area contributed by atoms with Crippen LogP contribution in [0.1, 0.15) is 115 Å². The molecule has 1 saturated heterocycles. The summed E-state index contributed by atoms with van der Waals surface area (Å²) in [6, 6.07) is 11.9. The van der Waals surface area contributed by atoms with E-state index >= 15 is 9.59 Å².